The first kappa shape index (κ1) is 22.2. The van der Waals surface area contributed by atoms with Gasteiger partial charge in [-0.05, 0) is 55.3 Å². The van der Waals surface area contributed by atoms with E-state index in [1.54, 1.807) is 0 Å². The Balaban J connectivity index is 1.46. The molecule has 1 fully saturated rings. The van der Waals surface area contributed by atoms with Gasteiger partial charge in [-0.1, -0.05) is 60.1 Å². The summed E-state index contributed by atoms with van der Waals surface area (Å²) >= 11 is 6.17. The lowest BCUT2D eigenvalue weighted by Gasteiger charge is -2.36. The van der Waals surface area contributed by atoms with Gasteiger partial charge in [0.25, 0.3) is 5.91 Å². The van der Waals surface area contributed by atoms with E-state index < -0.39 is 0 Å². The minimum absolute atomic E-state index is 0.00123. The van der Waals surface area contributed by atoms with Gasteiger partial charge in [0.05, 0.1) is 11.4 Å². The molecule has 1 saturated heterocycles. The summed E-state index contributed by atoms with van der Waals surface area (Å²) in [5, 5.41) is 5.61. The molecule has 3 aromatic carbocycles. The van der Waals surface area contributed by atoms with Crippen molar-refractivity contribution in [1.29, 1.82) is 0 Å². The number of carbonyl (C=O) groups is 1. The summed E-state index contributed by atoms with van der Waals surface area (Å²) in [7, 11) is 0. The largest absolute Gasteiger partial charge is 0.368 e. The molecular weight excluding hydrogens is 444 g/mol. The Kier molecular flexibility index (Phi) is 6.12. The van der Waals surface area contributed by atoms with E-state index in [4.69, 9.17) is 16.7 Å². The Hall–Kier alpha value is -3.57. The summed E-state index contributed by atoms with van der Waals surface area (Å²) in [5.41, 5.74) is 6.60. The number of benzene rings is 3. The molecular formula is C28H27ClN4O. The van der Waals surface area contributed by atoms with E-state index in [0.29, 0.717) is 18.8 Å². The highest BCUT2D eigenvalue weighted by Gasteiger charge is 2.27. The Morgan fingerprint density at radius 1 is 0.853 bits per heavy atom. The maximum atomic E-state index is 13.8. The molecule has 1 aromatic heterocycles. The summed E-state index contributed by atoms with van der Waals surface area (Å²) in [6.45, 7) is 6.91. The van der Waals surface area contributed by atoms with E-state index in [0.717, 1.165) is 51.9 Å². The van der Waals surface area contributed by atoms with E-state index in [1.165, 1.54) is 0 Å². The van der Waals surface area contributed by atoms with Gasteiger partial charge >= 0.3 is 0 Å². The lowest BCUT2D eigenvalue weighted by molar-refractivity contribution is 0.0737. The first-order chi connectivity index (χ1) is 16.5. The van der Waals surface area contributed by atoms with Crippen LogP contribution in [0.2, 0.25) is 5.02 Å². The third-order valence-corrected chi connectivity index (χ3v) is 6.57. The standard InChI is InChI=1S/C28H27ClN4O/c1-20-11-12-21(2)26(17-20)33-27(19-25(30-33)22-7-4-3-5-8-22)28(34)32-15-13-31(14-16-32)24-10-6-9-23(29)18-24/h3-12,17-19H,13-16H2,1-2H3. The Labute approximate surface area is 205 Å². The van der Waals surface area contributed by atoms with Crippen LogP contribution in [0.4, 0.5) is 5.69 Å². The molecule has 0 saturated carbocycles. The van der Waals surface area contributed by atoms with Crippen LogP contribution >= 0.6 is 11.6 Å². The molecule has 172 valence electrons. The van der Waals surface area contributed by atoms with Crippen LogP contribution in [0, 0.1) is 13.8 Å². The number of anilines is 1. The smallest absolute Gasteiger partial charge is 0.272 e. The second kappa shape index (κ2) is 9.35. The van der Waals surface area contributed by atoms with Crippen LogP contribution in [0.3, 0.4) is 0 Å². The third-order valence-electron chi connectivity index (χ3n) is 6.33. The van der Waals surface area contributed by atoms with Crippen molar-refractivity contribution in [3.05, 3.63) is 101 Å². The summed E-state index contributed by atoms with van der Waals surface area (Å²) in [6.07, 6.45) is 0. The van der Waals surface area contributed by atoms with Crippen molar-refractivity contribution in [3.63, 3.8) is 0 Å². The summed E-state index contributed by atoms with van der Waals surface area (Å²) in [6, 6.07) is 26.0. The van der Waals surface area contributed by atoms with Crippen LogP contribution in [-0.2, 0) is 0 Å². The van der Waals surface area contributed by atoms with Crippen molar-refractivity contribution in [2.45, 2.75) is 13.8 Å². The predicted octanol–water partition coefficient (Wildman–Crippen LogP) is 5.77. The van der Waals surface area contributed by atoms with Gasteiger partial charge in [0.15, 0.2) is 0 Å². The van der Waals surface area contributed by atoms with Crippen LogP contribution in [0.25, 0.3) is 16.9 Å². The minimum atomic E-state index is 0.00123. The second-order valence-corrected chi connectivity index (χ2v) is 9.18. The zero-order chi connectivity index (χ0) is 23.7. The maximum Gasteiger partial charge on any atom is 0.272 e. The van der Waals surface area contributed by atoms with E-state index in [-0.39, 0.29) is 5.91 Å². The molecule has 0 spiro atoms. The number of aryl methyl sites for hydroxylation is 2. The molecule has 6 heteroatoms. The fourth-order valence-electron chi connectivity index (χ4n) is 4.42. The number of carbonyl (C=O) groups excluding carboxylic acids is 1. The van der Waals surface area contributed by atoms with Crippen LogP contribution in [0.15, 0.2) is 78.9 Å². The van der Waals surface area contributed by atoms with Gasteiger partial charge in [-0.2, -0.15) is 5.10 Å². The lowest BCUT2D eigenvalue weighted by atomic mass is 10.1. The molecule has 34 heavy (non-hydrogen) atoms. The molecule has 0 bridgehead atoms. The molecule has 2 heterocycles. The quantitative estimate of drug-likeness (QED) is 0.380. The van der Waals surface area contributed by atoms with Crippen molar-refractivity contribution < 1.29 is 4.79 Å². The minimum Gasteiger partial charge on any atom is -0.368 e. The van der Waals surface area contributed by atoms with Crippen molar-refractivity contribution in [1.82, 2.24) is 14.7 Å². The van der Waals surface area contributed by atoms with Crippen LogP contribution in [-0.4, -0.2) is 46.8 Å². The van der Waals surface area contributed by atoms with E-state index in [9.17, 15) is 4.79 Å². The molecule has 1 aliphatic rings. The van der Waals surface area contributed by atoms with Crippen molar-refractivity contribution in [2.75, 3.05) is 31.1 Å². The second-order valence-electron chi connectivity index (χ2n) is 8.74. The maximum absolute atomic E-state index is 13.8. The first-order valence-electron chi connectivity index (χ1n) is 11.5. The number of nitrogens with zero attached hydrogens (tertiary/aromatic N) is 4. The number of rotatable bonds is 4. The van der Waals surface area contributed by atoms with Crippen molar-refractivity contribution in [2.24, 2.45) is 0 Å². The molecule has 0 radical (unpaired) electrons. The topological polar surface area (TPSA) is 41.4 Å². The van der Waals surface area contributed by atoms with Crippen LogP contribution in [0.1, 0.15) is 21.6 Å². The van der Waals surface area contributed by atoms with Crippen molar-refractivity contribution >= 4 is 23.2 Å². The fourth-order valence-corrected chi connectivity index (χ4v) is 4.60. The number of amides is 1. The molecule has 0 N–H and O–H groups in total. The predicted molar refractivity (Wildman–Crippen MR) is 138 cm³/mol. The Morgan fingerprint density at radius 2 is 1.62 bits per heavy atom. The highest BCUT2D eigenvalue weighted by molar-refractivity contribution is 6.30. The highest BCUT2D eigenvalue weighted by atomic mass is 35.5. The average molecular weight is 471 g/mol. The number of hydrogen-bond donors (Lipinski definition) is 0. The molecule has 5 rings (SSSR count). The molecule has 0 unspecified atom stereocenters. The van der Waals surface area contributed by atoms with E-state index in [2.05, 4.69) is 43.0 Å². The zero-order valence-electron chi connectivity index (χ0n) is 19.4. The summed E-state index contributed by atoms with van der Waals surface area (Å²) < 4.78 is 1.82. The monoisotopic (exact) mass is 470 g/mol. The molecule has 1 amide bonds. The average Bonchev–Trinajstić information content (AvgIpc) is 3.31. The van der Waals surface area contributed by atoms with Gasteiger partial charge in [0.2, 0.25) is 0 Å². The van der Waals surface area contributed by atoms with Gasteiger partial charge in [-0.15, -0.1) is 0 Å². The summed E-state index contributed by atoms with van der Waals surface area (Å²) in [4.78, 5) is 18.0. The van der Waals surface area contributed by atoms with Gasteiger partial charge in [-0.25, -0.2) is 4.68 Å². The van der Waals surface area contributed by atoms with Crippen molar-refractivity contribution in [3.8, 4) is 16.9 Å². The number of aromatic nitrogens is 2. The Morgan fingerprint density at radius 3 is 2.35 bits per heavy atom. The molecule has 1 aliphatic heterocycles. The van der Waals surface area contributed by atoms with Gasteiger partial charge in [-0.3, -0.25) is 4.79 Å². The highest BCUT2D eigenvalue weighted by Crippen LogP contribution is 2.26. The lowest BCUT2D eigenvalue weighted by Crippen LogP contribution is -2.49. The zero-order valence-corrected chi connectivity index (χ0v) is 20.2. The molecule has 4 aromatic rings. The summed E-state index contributed by atoms with van der Waals surface area (Å²) in [5.74, 6) is 0.00123. The number of halogens is 1. The van der Waals surface area contributed by atoms with E-state index >= 15 is 0 Å². The number of piperazine rings is 1. The van der Waals surface area contributed by atoms with Gasteiger partial charge < -0.3 is 9.80 Å². The normalized spacial score (nSPS) is 13.9. The van der Waals surface area contributed by atoms with E-state index in [1.807, 2.05) is 64.2 Å². The van der Waals surface area contributed by atoms with Gasteiger partial charge in [0, 0.05) is 42.5 Å². The number of hydrogen-bond acceptors (Lipinski definition) is 3. The van der Waals surface area contributed by atoms with Crippen LogP contribution < -0.4 is 4.90 Å². The SMILES string of the molecule is Cc1ccc(C)c(-n2nc(-c3ccccc3)cc2C(=O)N2CCN(c3cccc(Cl)c3)CC2)c1. The molecule has 5 nitrogen and oxygen atoms in total. The van der Waals surface area contributed by atoms with Crippen LogP contribution in [0.5, 0.6) is 0 Å². The van der Waals surface area contributed by atoms with Gasteiger partial charge in [0.1, 0.15) is 5.69 Å². The third kappa shape index (κ3) is 4.44. The fraction of sp³-hybridized carbons (Fsp3) is 0.214. The molecule has 0 atom stereocenters. The molecule has 0 aliphatic carbocycles. The first-order valence-corrected chi connectivity index (χ1v) is 11.9. The Bertz CT molecular complexity index is 1320.